The van der Waals surface area contributed by atoms with Crippen molar-refractivity contribution in [2.75, 3.05) is 24.3 Å². The molecule has 0 aliphatic carbocycles. The molecule has 0 aliphatic rings. The fourth-order valence-electron chi connectivity index (χ4n) is 2.97. The number of methoxy groups -OCH3 is 1. The Labute approximate surface area is 184 Å². The molecule has 32 heavy (non-hydrogen) atoms. The number of nitro groups is 1. The Balaban J connectivity index is 1.63. The topological polar surface area (TPSA) is 123 Å². The van der Waals surface area contributed by atoms with Crippen molar-refractivity contribution in [3.05, 3.63) is 94.0 Å². The summed E-state index contributed by atoms with van der Waals surface area (Å²) < 4.78 is 4.99. The van der Waals surface area contributed by atoms with Gasteiger partial charge in [-0.25, -0.2) is 0 Å². The quantitative estimate of drug-likeness (QED) is 0.349. The van der Waals surface area contributed by atoms with Gasteiger partial charge in [-0.3, -0.25) is 19.7 Å². The Morgan fingerprint density at radius 1 is 0.969 bits per heavy atom. The maximum absolute atomic E-state index is 12.6. The molecule has 0 aromatic heterocycles. The van der Waals surface area contributed by atoms with Crippen LogP contribution in [0, 0.1) is 10.1 Å². The van der Waals surface area contributed by atoms with Crippen molar-refractivity contribution in [1.82, 2.24) is 5.32 Å². The summed E-state index contributed by atoms with van der Waals surface area (Å²) in [6.07, 6.45) is 0. The van der Waals surface area contributed by atoms with Crippen LogP contribution >= 0.6 is 0 Å². The molecule has 0 heterocycles. The van der Waals surface area contributed by atoms with Crippen LogP contribution in [-0.2, 0) is 11.3 Å². The van der Waals surface area contributed by atoms with Gasteiger partial charge in [0.1, 0.15) is 11.4 Å². The lowest BCUT2D eigenvalue weighted by Crippen LogP contribution is -2.26. The number of benzene rings is 3. The zero-order valence-electron chi connectivity index (χ0n) is 17.3. The number of hydrogen-bond acceptors (Lipinski definition) is 6. The summed E-state index contributed by atoms with van der Waals surface area (Å²) in [6, 6.07) is 20.4. The minimum Gasteiger partial charge on any atom is -0.496 e. The van der Waals surface area contributed by atoms with Gasteiger partial charge in [-0.15, -0.1) is 0 Å². The third kappa shape index (κ3) is 5.82. The highest BCUT2D eigenvalue weighted by molar-refractivity contribution is 6.01. The van der Waals surface area contributed by atoms with E-state index in [0.717, 1.165) is 5.56 Å². The molecule has 0 saturated carbocycles. The van der Waals surface area contributed by atoms with Gasteiger partial charge in [-0.2, -0.15) is 0 Å². The van der Waals surface area contributed by atoms with Crippen LogP contribution in [0.2, 0.25) is 0 Å². The van der Waals surface area contributed by atoms with E-state index in [1.165, 1.54) is 25.3 Å². The fourth-order valence-corrected chi connectivity index (χ4v) is 2.97. The van der Waals surface area contributed by atoms with E-state index in [1.54, 1.807) is 24.3 Å². The average molecular weight is 434 g/mol. The van der Waals surface area contributed by atoms with Crippen molar-refractivity contribution in [2.45, 2.75) is 6.54 Å². The van der Waals surface area contributed by atoms with Crippen LogP contribution in [0.1, 0.15) is 15.9 Å². The molecule has 9 nitrogen and oxygen atoms in total. The van der Waals surface area contributed by atoms with Gasteiger partial charge in [0.2, 0.25) is 5.91 Å². The van der Waals surface area contributed by atoms with Crippen LogP contribution in [0.25, 0.3) is 0 Å². The molecule has 2 amide bonds. The smallest absolute Gasteiger partial charge is 0.296 e. The molecular weight excluding hydrogens is 412 g/mol. The predicted molar refractivity (Wildman–Crippen MR) is 121 cm³/mol. The number of nitrogens with one attached hydrogen (secondary N) is 3. The first-order valence-corrected chi connectivity index (χ1v) is 9.75. The third-order valence-corrected chi connectivity index (χ3v) is 4.58. The molecule has 0 spiro atoms. The van der Waals surface area contributed by atoms with Gasteiger partial charge < -0.3 is 20.7 Å². The molecule has 0 unspecified atom stereocenters. The molecular formula is C23H22N4O5. The predicted octanol–water partition coefficient (Wildman–Crippen LogP) is 3.58. The summed E-state index contributed by atoms with van der Waals surface area (Å²) in [5.41, 5.74) is 1.59. The van der Waals surface area contributed by atoms with E-state index in [2.05, 4.69) is 16.0 Å². The molecule has 0 radical (unpaired) electrons. The Bertz CT molecular complexity index is 1120. The molecule has 9 heteroatoms. The maximum Gasteiger partial charge on any atom is 0.296 e. The third-order valence-electron chi connectivity index (χ3n) is 4.58. The minimum atomic E-state index is -0.599. The highest BCUT2D eigenvalue weighted by Crippen LogP contribution is 2.28. The summed E-state index contributed by atoms with van der Waals surface area (Å²) in [4.78, 5) is 35.7. The van der Waals surface area contributed by atoms with Gasteiger partial charge in [0.05, 0.1) is 30.2 Å². The van der Waals surface area contributed by atoms with Gasteiger partial charge in [-0.05, 0) is 29.8 Å². The molecule has 3 rings (SSSR count). The molecule has 0 bridgehead atoms. The van der Waals surface area contributed by atoms with Gasteiger partial charge in [-0.1, -0.05) is 42.5 Å². The van der Waals surface area contributed by atoms with Gasteiger partial charge in [0.25, 0.3) is 11.6 Å². The first-order valence-electron chi connectivity index (χ1n) is 9.75. The van der Waals surface area contributed by atoms with Gasteiger partial charge in [0, 0.05) is 12.2 Å². The second-order valence-corrected chi connectivity index (χ2v) is 6.76. The molecule has 164 valence electrons. The molecule has 0 aliphatic heterocycles. The zero-order valence-corrected chi connectivity index (χ0v) is 17.3. The molecule has 3 aromatic rings. The SMILES string of the molecule is COc1ccc(NC(=O)CNc2ccccc2C(=O)NCc2ccccc2)c([N+](=O)[O-])c1. The monoisotopic (exact) mass is 434 g/mol. The number of anilines is 2. The highest BCUT2D eigenvalue weighted by atomic mass is 16.6. The van der Waals surface area contributed by atoms with Crippen molar-refractivity contribution in [2.24, 2.45) is 0 Å². The fraction of sp³-hybridized carbons (Fsp3) is 0.130. The van der Waals surface area contributed by atoms with Crippen LogP contribution in [0.15, 0.2) is 72.8 Å². The highest BCUT2D eigenvalue weighted by Gasteiger charge is 2.18. The van der Waals surface area contributed by atoms with E-state index in [1.807, 2.05) is 30.3 Å². The van der Waals surface area contributed by atoms with E-state index in [-0.39, 0.29) is 23.8 Å². The van der Waals surface area contributed by atoms with Crippen LogP contribution < -0.4 is 20.7 Å². The standard InChI is InChI=1S/C23H22N4O5/c1-32-17-11-12-20(21(13-17)27(30)31)26-22(28)15-24-19-10-6-5-9-18(19)23(29)25-14-16-7-3-2-4-8-16/h2-13,24H,14-15H2,1H3,(H,25,29)(H,26,28). The van der Waals surface area contributed by atoms with Crippen LogP contribution in [0.3, 0.4) is 0 Å². The lowest BCUT2D eigenvalue weighted by Gasteiger charge is -2.13. The minimum absolute atomic E-state index is 0.0523. The summed E-state index contributed by atoms with van der Waals surface area (Å²) in [7, 11) is 1.40. The second kappa shape index (κ2) is 10.6. The average Bonchev–Trinajstić information content (AvgIpc) is 2.82. The van der Waals surface area contributed by atoms with E-state index in [9.17, 15) is 19.7 Å². The summed E-state index contributed by atoms with van der Waals surface area (Å²) in [5, 5.41) is 19.5. The van der Waals surface area contributed by atoms with E-state index >= 15 is 0 Å². The van der Waals surface area contributed by atoms with Gasteiger partial charge >= 0.3 is 0 Å². The largest absolute Gasteiger partial charge is 0.496 e. The van der Waals surface area contributed by atoms with Crippen LogP contribution in [0.5, 0.6) is 5.75 Å². The number of rotatable bonds is 9. The van der Waals surface area contributed by atoms with Crippen molar-refractivity contribution >= 4 is 28.9 Å². The zero-order chi connectivity index (χ0) is 22.9. The Kier molecular flexibility index (Phi) is 7.37. The Morgan fingerprint density at radius 2 is 1.69 bits per heavy atom. The summed E-state index contributed by atoms with van der Waals surface area (Å²) >= 11 is 0. The van der Waals surface area contributed by atoms with E-state index in [0.29, 0.717) is 23.5 Å². The molecule has 3 N–H and O–H groups in total. The molecule has 0 fully saturated rings. The van der Waals surface area contributed by atoms with Crippen molar-refractivity contribution in [1.29, 1.82) is 0 Å². The second-order valence-electron chi connectivity index (χ2n) is 6.76. The molecule has 3 aromatic carbocycles. The van der Waals surface area contributed by atoms with Gasteiger partial charge in [0.15, 0.2) is 0 Å². The number of amides is 2. The van der Waals surface area contributed by atoms with Crippen molar-refractivity contribution in [3.63, 3.8) is 0 Å². The molecule has 0 saturated heterocycles. The number of carbonyl (C=O) groups is 2. The summed E-state index contributed by atoms with van der Waals surface area (Å²) in [6.45, 7) is 0.182. The molecule has 0 atom stereocenters. The number of carbonyl (C=O) groups excluding carboxylic acids is 2. The van der Waals surface area contributed by atoms with E-state index < -0.39 is 10.8 Å². The maximum atomic E-state index is 12.6. The first kappa shape index (κ1) is 22.3. The van der Waals surface area contributed by atoms with Crippen molar-refractivity contribution < 1.29 is 19.2 Å². The normalized spacial score (nSPS) is 10.2. The number of nitro benzene ring substituents is 1. The number of ether oxygens (including phenoxy) is 1. The van der Waals surface area contributed by atoms with Crippen LogP contribution in [0.4, 0.5) is 17.1 Å². The number of nitrogens with zero attached hydrogens (tertiary/aromatic N) is 1. The number of para-hydroxylation sites is 1. The Morgan fingerprint density at radius 3 is 2.41 bits per heavy atom. The number of hydrogen-bond donors (Lipinski definition) is 3. The Hall–Kier alpha value is -4.40. The first-order chi connectivity index (χ1) is 15.5. The van der Waals surface area contributed by atoms with Crippen LogP contribution in [-0.4, -0.2) is 30.4 Å². The lowest BCUT2D eigenvalue weighted by molar-refractivity contribution is -0.384. The van der Waals surface area contributed by atoms with E-state index in [4.69, 9.17) is 4.74 Å². The summed E-state index contributed by atoms with van der Waals surface area (Å²) in [5.74, 6) is -0.482. The lowest BCUT2D eigenvalue weighted by atomic mass is 10.1. The van der Waals surface area contributed by atoms with Crippen molar-refractivity contribution in [3.8, 4) is 5.75 Å².